The molecule has 2 rings (SSSR count). The molecule has 5 heteroatoms. The minimum Gasteiger partial charge on any atom is -0.310 e. The maximum atomic E-state index is 4.46. The summed E-state index contributed by atoms with van der Waals surface area (Å²) in [7, 11) is 1.85. The molecular weight excluding hydrogens is 322 g/mol. The molecule has 1 N–H and O–H groups in total. The van der Waals surface area contributed by atoms with E-state index in [1.807, 2.05) is 49.8 Å². The third-order valence-electron chi connectivity index (χ3n) is 3.97. The number of hydrogen-bond acceptors (Lipinski definition) is 5. The van der Waals surface area contributed by atoms with Crippen LogP contribution >= 0.6 is 0 Å². The second kappa shape index (κ2) is 12.1. The Bertz CT molecular complexity index is 667. The lowest BCUT2D eigenvalue weighted by Crippen LogP contribution is -2.35. The van der Waals surface area contributed by atoms with Gasteiger partial charge in [-0.3, -0.25) is 19.9 Å². The smallest absolute Gasteiger partial charge is 0.0544 e. The first kappa shape index (κ1) is 19.9. The molecule has 2 aromatic rings. The highest BCUT2D eigenvalue weighted by atomic mass is 15.1. The van der Waals surface area contributed by atoms with Crippen LogP contribution in [0.25, 0.3) is 0 Å². The molecule has 0 aliphatic carbocycles. The van der Waals surface area contributed by atoms with Crippen molar-refractivity contribution in [1.82, 2.24) is 20.2 Å². The molecule has 0 fully saturated rings. The van der Waals surface area contributed by atoms with Crippen LogP contribution in [0.2, 0.25) is 0 Å². The Morgan fingerprint density at radius 1 is 1.12 bits per heavy atom. The lowest BCUT2D eigenvalue weighted by atomic mass is 10.2. The Labute approximate surface area is 156 Å². The molecule has 2 aromatic heterocycles. The van der Waals surface area contributed by atoms with Crippen molar-refractivity contribution in [2.24, 2.45) is 4.99 Å². The van der Waals surface area contributed by atoms with Crippen LogP contribution in [0.1, 0.15) is 24.7 Å². The molecule has 0 atom stereocenters. The zero-order valence-electron chi connectivity index (χ0n) is 15.8. The Hall–Kier alpha value is -2.37. The molecule has 26 heavy (non-hydrogen) atoms. The van der Waals surface area contributed by atoms with Crippen molar-refractivity contribution in [1.29, 1.82) is 0 Å². The molecule has 0 saturated carbocycles. The molecule has 0 saturated heterocycles. The molecule has 0 bridgehead atoms. The Kier molecular flexibility index (Phi) is 9.25. The zero-order valence-corrected chi connectivity index (χ0v) is 15.8. The van der Waals surface area contributed by atoms with E-state index in [1.54, 1.807) is 0 Å². The van der Waals surface area contributed by atoms with Crippen molar-refractivity contribution < 1.29 is 0 Å². The van der Waals surface area contributed by atoms with E-state index < -0.39 is 0 Å². The van der Waals surface area contributed by atoms with E-state index >= 15 is 0 Å². The van der Waals surface area contributed by atoms with Crippen molar-refractivity contribution in [2.75, 3.05) is 26.7 Å². The number of aromatic nitrogens is 2. The molecule has 5 nitrogen and oxygen atoms in total. The largest absolute Gasteiger partial charge is 0.310 e. The van der Waals surface area contributed by atoms with Gasteiger partial charge < -0.3 is 5.32 Å². The van der Waals surface area contributed by atoms with E-state index in [0.29, 0.717) is 0 Å². The van der Waals surface area contributed by atoms with E-state index in [1.165, 1.54) is 0 Å². The van der Waals surface area contributed by atoms with E-state index in [4.69, 9.17) is 0 Å². The van der Waals surface area contributed by atoms with Gasteiger partial charge in [0.25, 0.3) is 0 Å². The summed E-state index contributed by atoms with van der Waals surface area (Å²) in [6.07, 6.45) is 8.96. The summed E-state index contributed by atoms with van der Waals surface area (Å²) in [5.41, 5.74) is 3.23. The lowest BCUT2D eigenvalue weighted by Gasteiger charge is -2.22. The normalized spacial score (nSPS) is 12.2. The van der Waals surface area contributed by atoms with Gasteiger partial charge >= 0.3 is 0 Å². The minimum atomic E-state index is 0.780. The topological polar surface area (TPSA) is 53.4 Å². The van der Waals surface area contributed by atoms with Crippen LogP contribution < -0.4 is 5.32 Å². The molecular formula is C21H29N5. The van der Waals surface area contributed by atoms with Crippen LogP contribution in [0.4, 0.5) is 0 Å². The number of nitrogens with one attached hydrogen (secondary N) is 1. The predicted molar refractivity (Wildman–Crippen MR) is 108 cm³/mol. The SMILES string of the molecule is CC/C=C\C(CN(CCNCc1ccccn1)Cc1ccccn1)=NC. The second-order valence-corrected chi connectivity index (χ2v) is 6.06. The van der Waals surface area contributed by atoms with Gasteiger partial charge in [-0.05, 0) is 36.8 Å². The highest BCUT2D eigenvalue weighted by molar-refractivity contribution is 5.96. The molecule has 0 amide bonds. The molecule has 0 radical (unpaired) electrons. The number of pyridine rings is 2. The summed E-state index contributed by atoms with van der Waals surface area (Å²) in [5, 5.41) is 3.47. The summed E-state index contributed by atoms with van der Waals surface area (Å²) in [5.74, 6) is 0. The number of aliphatic imine (C=N–C) groups is 1. The average Bonchev–Trinajstić information content (AvgIpc) is 2.69. The third kappa shape index (κ3) is 7.68. The van der Waals surface area contributed by atoms with E-state index in [-0.39, 0.29) is 0 Å². The van der Waals surface area contributed by atoms with E-state index in [2.05, 4.69) is 50.3 Å². The van der Waals surface area contributed by atoms with Gasteiger partial charge in [-0.25, -0.2) is 0 Å². The van der Waals surface area contributed by atoms with E-state index in [9.17, 15) is 0 Å². The number of allylic oxidation sites excluding steroid dienone is 1. The van der Waals surface area contributed by atoms with Crippen LogP contribution in [0.3, 0.4) is 0 Å². The van der Waals surface area contributed by atoms with Crippen LogP contribution in [0.5, 0.6) is 0 Å². The first-order valence-corrected chi connectivity index (χ1v) is 9.17. The minimum absolute atomic E-state index is 0.780. The molecule has 0 aliphatic heterocycles. The predicted octanol–water partition coefficient (Wildman–Crippen LogP) is 3.11. The fraction of sp³-hybridized carbons (Fsp3) is 0.381. The summed E-state index contributed by atoms with van der Waals surface area (Å²) in [6.45, 7) is 6.35. The Morgan fingerprint density at radius 2 is 1.85 bits per heavy atom. The van der Waals surface area contributed by atoms with Gasteiger partial charge in [-0.15, -0.1) is 0 Å². The summed E-state index contributed by atoms with van der Waals surface area (Å²) in [6, 6.07) is 12.0. The Balaban J connectivity index is 1.90. The number of hydrogen-bond donors (Lipinski definition) is 1. The molecule has 0 aromatic carbocycles. The first-order chi connectivity index (χ1) is 12.8. The molecule has 0 unspecified atom stereocenters. The zero-order chi connectivity index (χ0) is 18.5. The standard InChI is InChI=1S/C21H29N5/c1-3-4-9-20(22-2)17-26(18-21-11-6-8-13-25-21)15-14-23-16-19-10-5-7-12-24-19/h4-13,23H,3,14-18H2,1-2H3/b9-4-,22-20?. The van der Waals surface area contributed by atoms with Crippen LogP contribution in [-0.2, 0) is 13.1 Å². The summed E-state index contributed by atoms with van der Waals surface area (Å²) in [4.78, 5) is 15.6. The second-order valence-electron chi connectivity index (χ2n) is 6.06. The summed E-state index contributed by atoms with van der Waals surface area (Å²) >= 11 is 0. The monoisotopic (exact) mass is 351 g/mol. The van der Waals surface area contributed by atoms with Crippen LogP contribution in [0, 0.1) is 0 Å². The first-order valence-electron chi connectivity index (χ1n) is 9.17. The quantitative estimate of drug-likeness (QED) is 0.499. The maximum absolute atomic E-state index is 4.46. The molecule has 138 valence electrons. The van der Waals surface area contributed by atoms with Gasteiger partial charge in [0.15, 0.2) is 0 Å². The number of nitrogens with zero attached hydrogens (tertiary/aromatic N) is 4. The molecule has 2 heterocycles. The maximum Gasteiger partial charge on any atom is 0.0544 e. The van der Waals surface area contributed by atoms with Gasteiger partial charge in [0, 0.05) is 57.9 Å². The highest BCUT2D eigenvalue weighted by Gasteiger charge is 2.09. The molecule has 0 aliphatic rings. The van der Waals surface area contributed by atoms with Crippen molar-refractivity contribution in [3.8, 4) is 0 Å². The number of rotatable bonds is 11. The van der Waals surface area contributed by atoms with E-state index in [0.717, 1.165) is 56.2 Å². The summed E-state index contributed by atoms with van der Waals surface area (Å²) < 4.78 is 0. The average molecular weight is 351 g/mol. The van der Waals surface area contributed by atoms with Gasteiger partial charge in [-0.2, -0.15) is 0 Å². The third-order valence-corrected chi connectivity index (χ3v) is 3.97. The van der Waals surface area contributed by atoms with Crippen molar-refractivity contribution in [2.45, 2.75) is 26.4 Å². The van der Waals surface area contributed by atoms with Crippen LogP contribution in [-0.4, -0.2) is 47.3 Å². The van der Waals surface area contributed by atoms with Crippen LogP contribution in [0.15, 0.2) is 65.9 Å². The fourth-order valence-electron chi connectivity index (χ4n) is 2.57. The Morgan fingerprint density at radius 3 is 2.46 bits per heavy atom. The van der Waals surface area contributed by atoms with Crippen molar-refractivity contribution >= 4 is 5.71 Å². The van der Waals surface area contributed by atoms with Gasteiger partial charge in [0.1, 0.15) is 0 Å². The van der Waals surface area contributed by atoms with Gasteiger partial charge in [0.2, 0.25) is 0 Å². The van der Waals surface area contributed by atoms with Crippen molar-refractivity contribution in [3.63, 3.8) is 0 Å². The van der Waals surface area contributed by atoms with Gasteiger partial charge in [0.05, 0.1) is 11.4 Å². The van der Waals surface area contributed by atoms with Crippen molar-refractivity contribution in [3.05, 3.63) is 72.3 Å². The molecule has 0 spiro atoms. The van der Waals surface area contributed by atoms with Gasteiger partial charge in [-0.1, -0.05) is 25.1 Å². The highest BCUT2D eigenvalue weighted by Crippen LogP contribution is 2.02. The fourth-order valence-corrected chi connectivity index (χ4v) is 2.57. The lowest BCUT2D eigenvalue weighted by molar-refractivity contribution is 0.298.